The number of ether oxygens (including phenoxy) is 1. The molecule has 2 aromatic rings. The van der Waals surface area contributed by atoms with E-state index in [2.05, 4.69) is 37.4 Å². The van der Waals surface area contributed by atoms with Gasteiger partial charge in [0.05, 0.1) is 12.9 Å². The monoisotopic (exact) mass is 456 g/mol. The Hall–Kier alpha value is -2.47. The van der Waals surface area contributed by atoms with Crippen molar-refractivity contribution in [3.63, 3.8) is 0 Å². The summed E-state index contributed by atoms with van der Waals surface area (Å²) >= 11 is 1.59. The largest absolute Gasteiger partial charge is 0.497 e. The highest BCUT2D eigenvalue weighted by atomic mass is 32.2. The van der Waals surface area contributed by atoms with Crippen molar-refractivity contribution in [1.29, 1.82) is 0 Å². The quantitative estimate of drug-likeness (QED) is 0.495. The lowest BCUT2D eigenvalue weighted by molar-refractivity contribution is -0.139. The fourth-order valence-corrected chi connectivity index (χ4v) is 4.59. The van der Waals surface area contributed by atoms with Crippen molar-refractivity contribution in [3.05, 3.63) is 64.7 Å². The molecule has 0 aliphatic carbocycles. The van der Waals surface area contributed by atoms with Crippen molar-refractivity contribution >= 4 is 23.6 Å². The van der Waals surface area contributed by atoms with Crippen molar-refractivity contribution in [1.82, 2.24) is 10.2 Å². The Labute approximate surface area is 196 Å². The van der Waals surface area contributed by atoms with Gasteiger partial charge in [-0.1, -0.05) is 55.3 Å². The summed E-state index contributed by atoms with van der Waals surface area (Å²) in [6.07, 6.45) is 1.42. The predicted molar refractivity (Wildman–Crippen MR) is 133 cm³/mol. The van der Waals surface area contributed by atoms with E-state index in [0.717, 1.165) is 23.5 Å². The average Bonchev–Trinajstić information content (AvgIpc) is 2.76. The van der Waals surface area contributed by atoms with Crippen LogP contribution in [0.15, 0.2) is 42.5 Å². The first kappa shape index (κ1) is 25.8. The number of carbonyl (C=O) groups excluding carboxylic acids is 2. The van der Waals surface area contributed by atoms with Gasteiger partial charge in [0.25, 0.3) is 0 Å². The van der Waals surface area contributed by atoms with Crippen LogP contribution in [0, 0.1) is 13.8 Å². The first-order valence-electron chi connectivity index (χ1n) is 11.2. The zero-order chi connectivity index (χ0) is 23.5. The summed E-state index contributed by atoms with van der Waals surface area (Å²) in [5.41, 5.74) is 4.61. The first-order valence-corrected chi connectivity index (χ1v) is 12.4. The van der Waals surface area contributed by atoms with Gasteiger partial charge >= 0.3 is 0 Å². The van der Waals surface area contributed by atoms with Crippen LogP contribution in [0.4, 0.5) is 0 Å². The third-order valence-electron chi connectivity index (χ3n) is 5.20. The Balaban J connectivity index is 2.15. The molecule has 2 aromatic carbocycles. The molecule has 0 bridgehead atoms. The lowest BCUT2D eigenvalue weighted by atomic mass is 10.1. The number of aryl methyl sites for hydroxylation is 2. The van der Waals surface area contributed by atoms with Gasteiger partial charge in [0.1, 0.15) is 11.8 Å². The van der Waals surface area contributed by atoms with Crippen molar-refractivity contribution in [2.75, 3.05) is 19.4 Å². The maximum atomic E-state index is 13.3. The molecule has 0 aliphatic rings. The molecule has 0 unspecified atom stereocenters. The molecule has 1 N–H and O–H groups in total. The van der Waals surface area contributed by atoms with Crippen LogP contribution in [0.2, 0.25) is 0 Å². The van der Waals surface area contributed by atoms with Crippen molar-refractivity contribution in [2.24, 2.45) is 0 Å². The molecular formula is C26H36N2O3S. The van der Waals surface area contributed by atoms with Crippen molar-refractivity contribution in [3.8, 4) is 5.75 Å². The summed E-state index contributed by atoms with van der Waals surface area (Å²) in [6.45, 7) is 9.12. The zero-order valence-corrected chi connectivity index (χ0v) is 20.8. The molecule has 2 rings (SSSR count). The number of benzene rings is 2. The van der Waals surface area contributed by atoms with Gasteiger partial charge < -0.3 is 15.0 Å². The standard InChI is InChI=1S/C26H36N2O3S/c1-6-11-27-26(30)24(7-2)28(16-21-9-8-10-23(15-21)31-5)25(29)18-32-17-22-13-19(3)12-20(4)14-22/h8-10,12-15,24H,6-7,11,16-18H2,1-5H3,(H,27,30)/t24-/m0/s1. The zero-order valence-electron chi connectivity index (χ0n) is 19.9. The van der Waals surface area contributed by atoms with Gasteiger partial charge in [-0.2, -0.15) is 0 Å². The minimum Gasteiger partial charge on any atom is -0.497 e. The number of hydrogen-bond acceptors (Lipinski definition) is 4. The summed E-state index contributed by atoms with van der Waals surface area (Å²) in [5.74, 6) is 1.71. The summed E-state index contributed by atoms with van der Waals surface area (Å²) in [6, 6.07) is 13.6. The van der Waals surface area contributed by atoms with Gasteiger partial charge in [0.15, 0.2) is 0 Å². The third-order valence-corrected chi connectivity index (χ3v) is 6.19. The third kappa shape index (κ3) is 7.90. The molecule has 32 heavy (non-hydrogen) atoms. The van der Waals surface area contributed by atoms with E-state index in [4.69, 9.17) is 4.74 Å². The maximum absolute atomic E-state index is 13.3. The molecule has 2 amide bonds. The fourth-order valence-electron chi connectivity index (χ4n) is 3.74. The van der Waals surface area contributed by atoms with Crippen LogP contribution in [-0.4, -0.2) is 42.2 Å². The minimum absolute atomic E-state index is 0.0271. The Morgan fingerprint density at radius 1 is 1.06 bits per heavy atom. The van der Waals surface area contributed by atoms with Gasteiger partial charge in [-0.25, -0.2) is 0 Å². The summed E-state index contributed by atoms with van der Waals surface area (Å²) in [4.78, 5) is 27.8. The van der Waals surface area contributed by atoms with E-state index in [1.165, 1.54) is 16.7 Å². The van der Waals surface area contributed by atoms with Crippen LogP contribution >= 0.6 is 11.8 Å². The van der Waals surface area contributed by atoms with Crippen LogP contribution in [0.5, 0.6) is 5.75 Å². The number of thioether (sulfide) groups is 1. The van der Waals surface area contributed by atoms with E-state index in [0.29, 0.717) is 25.3 Å². The number of methoxy groups -OCH3 is 1. The molecule has 0 aromatic heterocycles. The molecule has 0 aliphatic heterocycles. The predicted octanol–water partition coefficient (Wildman–Crippen LogP) is 4.88. The van der Waals surface area contributed by atoms with E-state index in [1.54, 1.807) is 23.8 Å². The van der Waals surface area contributed by atoms with Crippen LogP contribution in [0.25, 0.3) is 0 Å². The number of carbonyl (C=O) groups is 2. The van der Waals surface area contributed by atoms with Crippen LogP contribution in [0.3, 0.4) is 0 Å². The lowest BCUT2D eigenvalue weighted by Gasteiger charge is -2.30. The van der Waals surface area contributed by atoms with Gasteiger partial charge in [-0.05, 0) is 49.9 Å². The minimum atomic E-state index is -0.498. The van der Waals surface area contributed by atoms with E-state index in [9.17, 15) is 9.59 Å². The first-order chi connectivity index (χ1) is 15.4. The Kier molecular flexibility index (Phi) is 10.6. The molecule has 0 saturated heterocycles. The Bertz CT molecular complexity index is 880. The molecule has 0 fully saturated rings. The number of nitrogens with zero attached hydrogens (tertiary/aromatic N) is 1. The number of rotatable bonds is 12. The van der Waals surface area contributed by atoms with E-state index in [-0.39, 0.29) is 11.8 Å². The van der Waals surface area contributed by atoms with Gasteiger partial charge in [0, 0.05) is 18.8 Å². The van der Waals surface area contributed by atoms with Crippen LogP contribution < -0.4 is 10.1 Å². The Morgan fingerprint density at radius 3 is 2.41 bits per heavy atom. The van der Waals surface area contributed by atoms with E-state index >= 15 is 0 Å². The second-order valence-corrected chi connectivity index (χ2v) is 9.06. The number of nitrogens with one attached hydrogen (secondary N) is 1. The van der Waals surface area contributed by atoms with Crippen molar-refractivity contribution < 1.29 is 14.3 Å². The second kappa shape index (κ2) is 13.2. The second-order valence-electron chi connectivity index (χ2n) is 8.08. The lowest BCUT2D eigenvalue weighted by Crippen LogP contribution is -2.49. The molecule has 0 saturated carbocycles. The molecule has 5 nitrogen and oxygen atoms in total. The molecule has 1 atom stereocenters. The molecule has 0 heterocycles. The highest BCUT2D eigenvalue weighted by molar-refractivity contribution is 7.99. The average molecular weight is 457 g/mol. The summed E-state index contributed by atoms with van der Waals surface area (Å²) < 4.78 is 5.33. The van der Waals surface area contributed by atoms with Gasteiger partial charge in [-0.3, -0.25) is 9.59 Å². The normalized spacial score (nSPS) is 11.7. The molecule has 6 heteroatoms. The number of hydrogen-bond donors (Lipinski definition) is 1. The van der Waals surface area contributed by atoms with E-state index in [1.807, 2.05) is 38.1 Å². The Morgan fingerprint density at radius 2 is 1.78 bits per heavy atom. The maximum Gasteiger partial charge on any atom is 0.242 e. The SMILES string of the molecule is CCCNC(=O)[C@H](CC)N(Cc1cccc(OC)c1)C(=O)CSCc1cc(C)cc(C)c1. The van der Waals surface area contributed by atoms with Crippen LogP contribution in [0.1, 0.15) is 48.9 Å². The number of amides is 2. The van der Waals surface area contributed by atoms with Crippen LogP contribution in [-0.2, 0) is 21.9 Å². The van der Waals surface area contributed by atoms with E-state index < -0.39 is 6.04 Å². The fraction of sp³-hybridized carbons (Fsp3) is 0.462. The summed E-state index contributed by atoms with van der Waals surface area (Å²) in [7, 11) is 1.62. The molecule has 0 spiro atoms. The highest BCUT2D eigenvalue weighted by Crippen LogP contribution is 2.20. The van der Waals surface area contributed by atoms with Gasteiger partial charge in [0.2, 0.25) is 11.8 Å². The van der Waals surface area contributed by atoms with Crippen molar-refractivity contribution in [2.45, 2.75) is 58.9 Å². The van der Waals surface area contributed by atoms with Gasteiger partial charge in [-0.15, -0.1) is 11.8 Å². The smallest absolute Gasteiger partial charge is 0.242 e. The summed E-state index contributed by atoms with van der Waals surface area (Å²) in [5, 5.41) is 2.96. The molecule has 0 radical (unpaired) electrons. The highest BCUT2D eigenvalue weighted by Gasteiger charge is 2.28. The molecular weight excluding hydrogens is 420 g/mol. The topological polar surface area (TPSA) is 58.6 Å². The molecule has 174 valence electrons.